The molecule has 1 N–H and O–H groups in total. The van der Waals surface area contributed by atoms with E-state index in [2.05, 4.69) is 5.32 Å². The largest absolute Gasteiger partial charge is 0.362 e. The van der Waals surface area contributed by atoms with Crippen LogP contribution >= 0.6 is 0 Å². The molecule has 2 aliphatic heterocycles. The standard InChI is InChI=1S/C23H27N3O4/c1-14-9-10-16(13-18(14)26(29)30)21-20(23(28)25-11-4-3-5-12-25)15(2)24-17-7-6-8-19(27)22(17)21/h9-10,13,21,24H,3-8,11-12H2,1-2H3/t21-/m0/s1. The molecule has 3 aliphatic rings. The van der Waals surface area contributed by atoms with Crippen molar-refractivity contribution in [2.24, 2.45) is 0 Å². The molecule has 1 aliphatic carbocycles. The summed E-state index contributed by atoms with van der Waals surface area (Å²) in [6, 6.07) is 5.07. The van der Waals surface area contributed by atoms with Crippen LogP contribution in [-0.4, -0.2) is 34.6 Å². The number of amides is 1. The van der Waals surface area contributed by atoms with E-state index in [1.54, 1.807) is 13.0 Å². The summed E-state index contributed by atoms with van der Waals surface area (Å²) in [6.07, 6.45) is 5.01. The monoisotopic (exact) mass is 409 g/mol. The molecule has 0 spiro atoms. The number of rotatable bonds is 3. The van der Waals surface area contributed by atoms with Crippen molar-refractivity contribution >= 4 is 17.4 Å². The van der Waals surface area contributed by atoms with Crippen molar-refractivity contribution in [1.82, 2.24) is 10.2 Å². The minimum Gasteiger partial charge on any atom is -0.362 e. The number of piperidine rings is 1. The zero-order chi connectivity index (χ0) is 21.4. The average molecular weight is 409 g/mol. The topological polar surface area (TPSA) is 92.6 Å². The number of allylic oxidation sites excluding steroid dienone is 3. The summed E-state index contributed by atoms with van der Waals surface area (Å²) < 4.78 is 0. The summed E-state index contributed by atoms with van der Waals surface area (Å²) in [5.41, 5.74) is 3.95. The van der Waals surface area contributed by atoms with E-state index < -0.39 is 10.8 Å². The van der Waals surface area contributed by atoms with Gasteiger partial charge >= 0.3 is 0 Å². The number of dihydropyridines is 1. The molecule has 0 aromatic heterocycles. The molecule has 2 heterocycles. The van der Waals surface area contributed by atoms with Crippen LogP contribution < -0.4 is 5.32 Å². The molecule has 4 rings (SSSR count). The number of likely N-dealkylation sites (tertiary alicyclic amines) is 1. The number of hydrogen-bond acceptors (Lipinski definition) is 5. The maximum absolute atomic E-state index is 13.6. The van der Waals surface area contributed by atoms with Crippen LogP contribution in [0.4, 0.5) is 5.69 Å². The van der Waals surface area contributed by atoms with Crippen molar-refractivity contribution < 1.29 is 14.5 Å². The predicted octanol–water partition coefficient (Wildman–Crippen LogP) is 3.88. The Bertz CT molecular complexity index is 986. The molecule has 1 aromatic rings. The molecule has 0 unspecified atom stereocenters. The second kappa shape index (κ2) is 8.05. The highest BCUT2D eigenvalue weighted by atomic mass is 16.6. The fourth-order valence-corrected chi connectivity index (χ4v) is 4.87. The number of nitro benzene ring substituents is 1. The Morgan fingerprint density at radius 2 is 1.87 bits per heavy atom. The second-order valence-electron chi connectivity index (χ2n) is 8.42. The van der Waals surface area contributed by atoms with Gasteiger partial charge < -0.3 is 10.2 Å². The van der Waals surface area contributed by atoms with E-state index >= 15 is 0 Å². The van der Waals surface area contributed by atoms with E-state index in [1.807, 2.05) is 17.9 Å². The van der Waals surface area contributed by atoms with Crippen LogP contribution in [0.15, 0.2) is 40.7 Å². The molecule has 1 fully saturated rings. The van der Waals surface area contributed by atoms with Gasteiger partial charge in [0.1, 0.15) is 0 Å². The molecule has 1 amide bonds. The Kier molecular flexibility index (Phi) is 5.45. The average Bonchev–Trinajstić information content (AvgIpc) is 2.73. The fraction of sp³-hybridized carbons (Fsp3) is 0.478. The number of aryl methyl sites for hydroxylation is 1. The molecule has 1 aromatic carbocycles. The van der Waals surface area contributed by atoms with Crippen LogP contribution in [-0.2, 0) is 9.59 Å². The quantitative estimate of drug-likeness (QED) is 0.604. The first-order valence-corrected chi connectivity index (χ1v) is 10.7. The fourth-order valence-electron chi connectivity index (χ4n) is 4.87. The van der Waals surface area contributed by atoms with E-state index in [1.165, 1.54) is 6.07 Å². The number of carbonyl (C=O) groups is 2. The Labute approximate surface area is 176 Å². The maximum atomic E-state index is 13.6. The summed E-state index contributed by atoms with van der Waals surface area (Å²) in [7, 11) is 0. The summed E-state index contributed by atoms with van der Waals surface area (Å²) in [6.45, 7) is 4.98. The van der Waals surface area contributed by atoms with Crippen LogP contribution in [0.1, 0.15) is 62.5 Å². The lowest BCUT2D eigenvalue weighted by Crippen LogP contribution is -2.42. The Morgan fingerprint density at radius 3 is 2.57 bits per heavy atom. The predicted molar refractivity (Wildman–Crippen MR) is 113 cm³/mol. The lowest BCUT2D eigenvalue weighted by Gasteiger charge is -2.37. The summed E-state index contributed by atoms with van der Waals surface area (Å²) in [5, 5.41) is 14.9. The Morgan fingerprint density at radius 1 is 1.13 bits per heavy atom. The lowest BCUT2D eigenvalue weighted by atomic mass is 9.74. The summed E-state index contributed by atoms with van der Waals surface area (Å²) in [4.78, 5) is 39.6. The molecule has 0 saturated carbocycles. The zero-order valence-corrected chi connectivity index (χ0v) is 17.5. The molecule has 7 nitrogen and oxygen atoms in total. The summed E-state index contributed by atoms with van der Waals surface area (Å²) in [5.74, 6) is -0.617. The number of Topliss-reactive ketones (excluding diaryl/α,β-unsaturated/α-hetero) is 1. The van der Waals surface area contributed by atoms with Gasteiger partial charge in [0.25, 0.3) is 11.6 Å². The first-order valence-electron chi connectivity index (χ1n) is 10.7. The van der Waals surface area contributed by atoms with Crippen LogP contribution in [0.25, 0.3) is 0 Å². The number of carbonyl (C=O) groups excluding carboxylic acids is 2. The minimum atomic E-state index is -0.567. The van der Waals surface area contributed by atoms with Crippen molar-refractivity contribution in [2.45, 2.75) is 58.3 Å². The van der Waals surface area contributed by atoms with Crippen molar-refractivity contribution in [3.63, 3.8) is 0 Å². The summed E-state index contributed by atoms with van der Waals surface area (Å²) >= 11 is 0. The van der Waals surface area contributed by atoms with Crippen LogP contribution in [0.3, 0.4) is 0 Å². The third-order valence-corrected chi connectivity index (χ3v) is 6.41. The van der Waals surface area contributed by atoms with Crippen molar-refractivity contribution in [3.8, 4) is 0 Å². The van der Waals surface area contributed by atoms with Gasteiger partial charge in [0, 0.05) is 59.6 Å². The van der Waals surface area contributed by atoms with Crippen LogP contribution in [0, 0.1) is 17.0 Å². The highest BCUT2D eigenvalue weighted by Gasteiger charge is 2.40. The van der Waals surface area contributed by atoms with Gasteiger partial charge in [-0.3, -0.25) is 19.7 Å². The third kappa shape index (κ3) is 3.53. The first kappa shape index (κ1) is 20.3. The number of ketones is 1. The van der Waals surface area contributed by atoms with Gasteiger partial charge in [-0.25, -0.2) is 0 Å². The molecule has 158 valence electrons. The van der Waals surface area contributed by atoms with Gasteiger partial charge in [-0.05, 0) is 51.5 Å². The van der Waals surface area contributed by atoms with Gasteiger partial charge in [0.05, 0.1) is 4.92 Å². The second-order valence-corrected chi connectivity index (χ2v) is 8.42. The third-order valence-electron chi connectivity index (χ3n) is 6.41. The van der Waals surface area contributed by atoms with Crippen molar-refractivity contribution in [2.75, 3.05) is 13.1 Å². The molecule has 0 bridgehead atoms. The molecule has 30 heavy (non-hydrogen) atoms. The molecular formula is C23H27N3O4. The van der Waals surface area contributed by atoms with Gasteiger partial charge in [-0.15, -0.1) is 0 Å². The lowest BCUT2D eigenvalue weighted by molar-refractivity contribution is -0.385. The van der Waals surface area contributed by atoms with Gasteiger partial charge in [-0.2, -0.15) is 0 Å². The van der Waals surface area contributed by atoms with E-state index in [4.69, 9.17) is 0 Å². The number of nitrogens with zero attached hydrogens (tertiary/aromatic N) is 2. The highest BCUT2D eigenvalue weighted by molar-refractivity contribution is 6.05. The normalized spacial score (nSPS) is 22.0. The smallest absolute Gasteiger partial charge is 0.272 e. The van der Waals surface area contributed by atoms with Gasteiger partial charge in [-0.1, -0.05) is 12.1 Å². The SMILES string of the molecule is CC1=C(C(=O)N2CCCCC2)[C@H](c2ccc(C)c([N+](=O)[O-])c2)C2=C(CCCC2=O)N1. The van der Waals surface area contributed by atoms with Gasteiger partial charge in [0.15, 0.2) is 5.78 Å². The minimum absolute atomic E-state index is 0.0128. The highest BCUT2D eigenvalue weighted by Crippen LogP contribution is 2.43. The molecule has 0 radical (unpaired) electrons. The molecular weight excluding hydrogens is 382 g/mol. The number of hydrogen-bond donors (Lipinski definition) is 1. The zero-order valence-electron chi connectivity index (χ0n) is 17.5. The van der Waals surface area contributed by atoms with Crippen molar-refractivity contribution in [1.29, 1.82) is 0 Å². The maximum Gasteiger partial charge on any atom is 0.272 e. The molecule has 1 saturated heterocycles. The number of benzene rings is 1. The number of nitro groups is 1. The number of nitrogens with one attached hydrogen (secondary N) is 1. The Balaban J connectivity index is 1.86. The van der Waals surface area contributed by atoms with E-state index in [0.29, 0.717) is 41.8 Å². The van der Waals surface area contributed by atoms with Crippen molar-refractivity contribution in [3.05, 3.63) is 62.0 Å². The van der Waals surface area contributed by atoms with E-state index in [0.717, 1.165) is 43.5 Å². The van der Waals surface area contributed by atoms with Crippen LogP contribution in [0.2, 0.25) is 0 Å². The Hall–Kier alpha value is -2.96. The molecule has 7 heteroatoms. The van der Waals surface area contributed by atoms with Crippen LogP contribution in [0.5, 0.6) is 0 Å². The van der Waals surface area contributed by atoms with Gasteiger partial charge in [0.2, 0.25) is 0 Å². The van der Waals surface area contributed by atoms with E-state index in [-0.39, 0.29) is 17.4 Å². The van der Waals surface area contributed by atoms with E-state index in [9.17, 15) is 19.7 Å². The first-order chi connectivity index (χ1) is 14.4. The molecule has 1 atom stereocenters.